The van der Waals surface area contributed by atoms with Crippen molar-refractivity contribution < 1.29 is 8.78 Å². The third kappa shape index (κ3) is 2.05. The molecule has 1 aromatic carbocycles. The Morgan fingerprint density at radius 3 is 2.56 bits per heavy atom. The topological polar surface area (TPSA) is 49.6 Å². The summed E-state index contributed by atoms with van der Waals surface area (Å²) < 4.78 is 26.7. The first-order chi connectivity index (χ1) is 8.52. The molecule has 18 heavy (non-hydrogen) atoms. The molecule has 0 saturated carbocycles. The van der Waals surface area contributed by atoms with E-state index in [4.69, 9.17) is 5.26 Å². The summed E-state index contributed by atoms with van der Waals surface area (Å²) in [7, 11) is 0. The lowest BCUT2D eigenvalue weighted by Gasteiger charge is -2.06. The van der Waals surface area contributed by atoms with Crippen LogP contribution in [0.1, 0.15) is 17.0 Å². The van der Waals surface area contributed by atoms with Crippen LogP contribution in [-0.2, 0) is 0 Å². The van der Waals surface area contributed by atoms with Crippen LogP contribution in [-0.4, -0.2) is 9.97 Å². The average Bonchev–Trinajstić information content (AvgIpc) is 2.35. The largest absolute Gasteiger partial charge is 0.233 e. The van der Waals surface area contributed by atoms with Gasteiger partial charge in [0.2, 0.25) is 0 Å². The van der Waals surface area contributed by atoms with E-state index in [1.165, 1.54) is 0 Å². The number of nitriles is 1. The van der Waals surface area contributed by atoms with Crippen LogP contribution in [0.25, 0.3) is 11.4 Å². The van der Waals surface area contributed by atoms with E-state index in [0.717, 1.165) is 18.2 Å². The highest BCUT2D eigenvalue weighted by atomic mass is 19.1. The van der Waals surface area contributed by atoms with Crippen molar-refractivity contribution >= 4 is 0 Å². The number of rotatable bonds is 1. The van der Waals surface area contributed by atoms with Gasteiger partial charge in [-0.15, -0.1) is 0 Å². The van der Waals surface area contributed by atoms with Crippen molar-refractivity contribution in [1.29, 1.82) is 5.26 Å². The molecule has 0 unspecified atom stereocenters. The Hall–Kier alpha value is -2.35. The van der Waals surface area contributed by atoms with Gasteiger partial charge in [0.25, 0.3) is 0 Å². The Morgan fingerprint density at radius 2 is 1.89 bits per heavy atom. The molecule has 0 radical (unpaired) electrons. The van der Waals surface area contributed by atoms with Crippen LogP contribution in [0.3, 0.4) is 0 Å². The summed E-state index contributed by atoms with van der Waals surface area (Å²) in [5.41, 5.74) is 1.33. The second-order valence-corrected chi connectivity index (χ2v) is 3.84. The monoisotopic (exact) mass is 245 g/mol. The maximum atomic E-state index is 13.6. The number of benzene rings is 1. The maximum absolute atomic E-state index is 13.6. The zero-order chi connectivity index (χ0) is 13.3. The Bertz CT molecular complexity index is 660. The Morgan fingerprint density at radius 1 is 1.17 bits per heavy atom. The van der Waals surface area contributed by atoms with E-state index in [-0.39, 0.29) is 17.1 Å². The van der Waals surface area contributed by atoms with Crippen LogP contribution < -0.4 is 0 Å². The minimum atomic E-state index is -0.622. The molecule has 0 spiro atoms. The van der Waals surface area contributed by atoms with E-state index >= 15 is 0 Å². The molecule has 0 aliphatic rings. The summed E-state index contributed by atoms with van der Waals surface area (Å²) in [5, 5.41) is 8.93. The third-order valence-corrected chi connectivity index (χ3v) is 2.66. The second kappa shape index (κ2) is 4.49. The fourth-order valence-corrected chi connectivity index (χ4v) is 1.53. The van der Waals surface area contributed by atoms with Gasteiger partial charge in [-0.2, -0.15) is 5.26 Å². The second-order valence-electron chi connectivity index (χ2n) is 3.84. The number of nitrogens with zero attached hydrogens (tertiary/aromatic N) is 3. The SMILES string of the molecule is Cc1nc(-c2cc(F)ccc2F)nc(C#N)c1C. The van der Waals surface area contributed by atoms with Gasteiger partial charge in [0, 0.05) is 11.3 Å². The van der Waals surface area contributed by atoms with Crippen LogP contribution in [0.5, 0.6) is 0 Å². The lowest BCUT2D eigenvalue weighted by Crippen LogP contribution is -2.01. The number of aryl methyl sites for hydroxylation is 1. The van der Waals surface area contributed by atoms with Crippen LogP contribution in [0.4, 0.5) is 8.78 Å². The number of hydrogen-bond donors (Lipinski definition) is 0. The van der Waals surface area contributed by atoms with Crippen molar-refractivity contribution in [3.63, 3.8) is 0 Å². The van der Waals surface area contributed by atoms with Crippen LogP contribution >= 0.6 is 0 Å². The van der Waals surface area contributed by atoms with Crippen molar-refractivity contribution in [3.8, 4) is 17.5 Å². The van der Waals surface area contributed by atoms with Gasteiger partial charge in [-0.25, -0.2) is 18.7 Å². The van der Waals surface area contributed by atoms with Gasteiger partial charge in [0.1, 0.15) is 23.4 Å². The fourth-order valence-electron chi connectivity index (χ4n) is 1.53. The molecule has 0 amide bonds. The predicted molar refractivity (Wildman–Crippen MR) is 61.6 cm³/mol. The molecule has 90 valence electrons. The molecule has 0 N–H and O–H groups in total. The third-order valence-electron chi connectivity index (χ3n) is 2.66. The van der Waals surface area contributed by atoms with Crippen molar-refractivity contribution in [2.75, 3.05) is 0 Å². The molecule has 0 atom stereocenters. The number of halogens is 2. The van der Waals surface area contributed by atoms with Gasteiger partial charge in [-0.1, -0.05) is 0 Å². The molecule has 0 bridgehead atoms. The maximum Gasteiger partial charge on any atom is 0.163 e. The van der Waals surface area contributed by atoms with Gasteiger partial charge < -0.3 is 0 Å². The predicted octanol–water partition coefficient (Wildman–Crippen LogP) is 2.91. The number of hydrogen-bond acceptors (Lipinski definition) is 3. The van der Waals surface area contributed by atoms with E-state index < -0.39 is 11.6 Å². The highest BCUT2D eigenvalue weighted by Gasteiger charge is 2.13. The normalized spacial score (nSPS) is 10.2. The average molecular weight is 245 g/mol. The summed E-state index contributed by atoms with van der Waals surface area (Å²) in [6, 6.07) is 4.96. The van der Waals surface area contributed by atoms with Crippen LogP contribution in [0.2, 0.25) is 0 Å². The summed E-state index contributed by atoms with van der Waals surface area (Å²) in [4.78, 5) is 8.03. The molecular weight excluding hydrogens is 236 g/mol. The van der Waals surface area contributed by atoms with E-state index in [1.54, 1.807) is 13.8 Å². The van der Waals surface area contributed by atoms with E-state index in [1.807, 2.05) is 6.07 Å². The molecule has 0 aliphatic carbocycles. The van der Waals surface area contributed by atoms with E-state index in [0.29, 0.717) is 11.3 Å². The Balaban J connectivity index is 2.69. The van der Waals surface area contributed by atoms with E-state index in [2.05, 4.69) is 9.97 Å². The molecule has 2 rings (SSSR count). The standard InChI is InChI=1S/C13H9F2N3/c1-7-8(2)17-13(18-12(7)6-16)10-5-9(14)3-4-11(10)15/h3-5H,1-2H3. The van der Waals surface area contributed by atoms with Gasteiger partial charge in [0.15, 0.2) is 5.82 Å². The molecule has 0 fully saturated rings. The smallest absolute Gasteiger partial charge is 0.163 e. The first-order valence-corrected chi connectivity index (χ1v) is 5.23. The first-order valence-electron chi connectivity index (χ1n) is 5.23. The van der Waals surface area contributed by atoms with Gasteiger partial charge in [-0.3, -0.25) is 0 Å². The molecule has 0 aliphatic heterocycles. The Kier molecular flexibility index (Phi) is 3.02. The van der Waals surface area contributed by atoms with Crippen molar-refractivity contribution in [2.45, 2.75) is 13.8 Å². The molecule has 3 nitrogen and oxygen atoms in total. The first kappa shape index (κ1) is 12.1. The Labute approximate surface area is 103 Å². The van der Waals surface area contributed by atoms with E-state index in [9.17, 15) is 8.78 Å². The van der Waals surface area contributed by atoms with Crippen LogP contribution in [0, 0.1) is 36.8 Å². The zero-order valence-corrected chi connectivity index (χ0v) is 9.83. The zero-order valence-electron chi connectivity index (χ0n) is 9.83. The molecule has 5 heteroatoms. The molecule has 0 saturated heterocycles. The van der Waals surface area contributed by atoms with Crippen LogP contribution in [0.15, 0.2) is 18.2 Å². The van der Waals surface area contributed by atoms with Crippen molar-refractivity contribution in [3.05, 3.63) is 46.8 Å². The minimum Gasteiger partial charge on any atom is -0.233 e. The summed E-state index contributed by atoms with van der Waals surface area (Å²) >= 11 is 0. The lowest BCUT2D eigenvalue weighted by atomic mass is 10.1. The molecule has 1 aromatic heterocycles. The number of aromatic nitrogens is 2. The highest BCUT2D eigenvalue weighted by Crippen LogP contribution is 2.22. The molecular formula is C13H9F2N3. The van der Waals surface area contributed by atoms with Crippen molar-refractivity contribution in [2.24, 2.45) is 0 Å². The van der Waals surface area contributed by atoms with Gasteiger partial charge >= 0.3 is 0 Å². The minimum absolute atomic E-state index is 0.0200. The molecule has 1 heterocycles. The van der Waals surface area contributed by atoms with Crippen molar-refractivity contribution in [1.82, 2.24) is 9.97 Å². The summed E-state index contributed by atoms with van der Waals surface area (Å²) in [5.74, 6) is -1.18. The fraction of sp³-hybridized carbons (Fsp3) is 0.154. The van der Waals surface area contributed by atoms with Gasteiger partial charge in [-0.05, 0) is 32.0 Å². The quantitative estimate of drug-likeness (QED) is 0.776. The lowest BCUT2D eigenvalue weighted by molar-refractivity contribution is 0.602. The summed E-state index contributed by atoms with van der Waals surface area (Å²) in [6.07, 6.45) is 0. The van der Waals surface area contributed by atoms with Gasteiger partial charge in [0.05, 0.1) is 5.56 Å². The highest BCUT2D eigenvalue weighted by molar-refractivity contribution is 5.57. The summed E-state index contributed by atoms with van der Waals surface area (Å²) in [6.45, 7) is 3.40. The molecule has 2 aromatic rings.